The second kappa shape index (κ2) is 6.32. The van der Waals surface area contributed by atoms with E-state index in [1.165, 1.54) is 4.90 Å². The van der Waals surface area contributed by atoms with Gasteiger partial charge in [0.2, 0.25) is 0 Å². The van der Waals surface area contributed by atoms with Crippen molar-refractivity contribution in [3.05, 3.63) is 35.4 Å². The Kier molecular flexibility index (Phi) is 4.50. The number of nitrogens with one attached hydrogen (secondary N) is 1. The number of amides is 3. The number of imide groups is 1. The number of nitrogens with zero attached hydrogens (tertiary/aromatic N) is 1. The van der Waals surface area contributed by atoms with Gasteiger partial charge in [-0.15, -0.1) is 0 Å². The van der Waals surface area contributed by atoms with E-state index in [1.807, 2.05) is 6.92 Å². The zero-order valence-corrected chi connectivity index (χ0v) is 11.5. The fourth-order valence-corrected chi connectivity index (χ4v) is 2.21. The molecule has 1 aromatic carbocycles. The SMILES string of the molecule is CCCCN1C(=O)NC(Cc2ccc(C=O)cc2)C1=O. The number of hydrogen-bond donors (Lipinski definition) is 1. The lowest BCUT2D eigenvalue weighted by Crippen LogP contribution is -2.33. The van der Waals surface area contributed by atoms with E-state index in [1.54, 1.807) is 24.3 Å². The summed E-state index contributed by atoms with van der Waals surface area (Å²) in [5, 5.41) is 2.71. The van der Waals surface area contributed by atoms with E-state index in [0.717, 1.165) is 24.7 Å². The smallest absolute Gasteiger partial charge is 0.324 e. The minimum Gasteiger partial charge on any atom is -0.325 e. The first-order valence-corrected chi connectivity index (χ1v) is 6.81. The molecule has 1 aliphatic heterocycles. The van der Waals surface area contributed by atoms with Crippen LogP contribution in [0.25, 0.3) is 0 Å². The van der Waals surface area contributed by atoms with Gasteiger partial charge in [0.25, 0.3) is 5.91 Å². The summed E-state index contributed by atoms with van der Waals surface area (Å²) >= 11 is 0. The van der Waals surface area contributed by atoms with Crippen LogP contribution in [0.15, 0.2) is 24.3 Å². The van der Waals surface area contributed by atoms with Crippen molar-refractivity contribution in [3.63, 3.8) is 0 Å². The molecule has 0 spiro atoms. The van der Waals surface area contributed by atoms with Gasteiger partial charge in [0.1, 0.15) is 12.3 Å². The number of aldehydes is 1. The van der Waals surface area contributed by atoms with Gasteiger partial charge in [0.05, 0.1) is 0 Å². The van der Waals surface area contributed by atoms with Crippen molar-refractivity contribution in [1.82, 2.24) is 10.2 Å². The number of hydrogen-bond acceptors (Lipinski definition) is 3. The van der Waals surface area contributed by atoms with E-state index < -0.39 is 6.04 Å². The Hall–Kier alpha value is -2.17. The second-order valence-electron chi connectivity index (χ2n) is 4.91. The molecule has 1 aliphatic rings. The highest BCUT2D eigenvalue weighted by atomic mass is 16.2. The Labute approximate surface area is 118 Å². The zero-order valence-electron chi connectivity index (χ0n) is 11.5. The topological polar surface area (TPSA) is 66.5 Å². The van der Waals surface area contributed by atoms with Crippen LogP contribution in [0.1, 0.15) is 35.7 Å². The van der Waals surface area contributed by atoms with Crippen molar-refractivity contribution in [3.8, 4) is 0 Å². The third-order valence-corrected chi connectivity index (χ3v) is 3.40. The molecule has 0 saturated carbocycles. The van der Waals surface area contributed by atoms with Crippen molar-refractivity contribution in [2.45, 2.75) is 32.2 Å². The molecule has 1 aromatic rings. The molecule has 20 heavy (non-hydrogen) atoms. The van der Waals surface area contributed by atoms with Crippen LogP contribution in [-0.2, 0) is 11.2 Å². The molecule has 1 atom stereocenters. The quantitative estimate of drug-likeness (QED) is 0.635. The summed E-state index contributed by atoms with van der Waals surface area (Å²) in [6.07, 6.45) is 2.99. The first-order valence-electron chi connectivity index (χ1n) is 6.81. The van der Waals surface area contributed by atoms with Crippen molar-refractivity contribution in [1.29, 1.82) is 0 Å². The van der Waals surface area contributed by atoms with Crippen LogP contribution in [0.4, 0.5) is 4.79 Å². The van der Waals surface area contributed by atoms with E-state index in [4.69, 9.17) is 0 Å². The first-order chi connectivity index (χ1) is 9.65. The molecule has 3 amide bonds. The number of unbranched alkanes of at least 4 members (excludes halogenated alkanes) is 1. The van der Waals surface area contributed by atoms with Crippen molar-refractivity contribution in [2.24, 2.45) is 0 Å². The lowest BCUT2D eigenvalue weighted by atomic mass is 10.0. The summed E-state index contributed by atoms with van der Waals surface area (Å²) in [6.45, 7) is 2.49. The summed E-state index contributed by atoms with van der Waals surface area (Å²) in [5.74, 6) is -0.164. The highest BCUT2D eigenvalue weighted by molar-refractivity contribution is 6.04. The van der Waals surface area contributed by atoms with Crippen LogP contribution in [0.5, 0.6) is 0 Å². The van der Waals surface area contributed by atoms with E-state index in [2.05, 4.69) is 5.32 Å². The minimum atomic E-state index is -0.499. The van der Waals surface area contributed by atoms with Crippen LogP contribution in [0.2, 0.25) is 0 Å². The molecular formula is C15H18N2O3. The molecule has 2 rings (SSSR count). The van der Waals surface area contributed by atoms with Gasteiger partial charge in [-0.05, 0) is 12.0 Å². The van der Waals surface area contributed by atoms with Crippen molar-refractivity contribution in [2.75, 3.05) is 6.54 Å². The average Bonchev–Trinajstić information content (AvgIpc) is 2.72. The van der Waals surface area contributed by atoms with Crippen molar-refractivity contribution < 1.29 is 14.4 Å². The molecule has 1 fully saturated rings. The highest BCUT2D eigenvalue weighted by Crippen LogP contribution is 2.13. The second-order valence-corrected chi connectivity index (χ2v) is 4.91. The maximum Gasteiger partial charge on any atom is 0.324 e. The molecule has 0 aliphatic carbocycles. The molecule has 106 valence electrons. The third kappa shape index (κ3) is 3.04. The number of rotatable bonds is 6. The molecule has 1 unspecified atom stereocenters. The fourth-order valence-electron chi connectivity index (χ4n) is 2.21. The number of urea groups is 1. The molecule has 5 heteroatoms. The Morgan fingerprint density at radius 2 is 1.95 bits per heavy atom. The number of benzene rings is 1. The van der Waals surface area contributed by atoms with Gasteiger partial charge in [0, 0.05) is 18.5 Å². The maximum atomic E-state index is 12.1. The molecule has 5 nitrogen and oxygen atoms in total. The van der Waals surface area contributed by atoms with Gasteiger partial charge in [0.15, 0.2) is 0 Å². The maximum absolute atomic E-state index is 12.1. The molecule has 0 aromatic heterocycles. The zero-order chi connectivity index (χ0) is 14.5. The third-order valence-electron chi connectivity index (χ3n) is 3.40. The molecule has 1 heterocycles. The van der Waals surface area contributed by atoms with Gasteiger partial charge < -0.3 is 5.32 Å². The summed E-state index contributed by atoms with van der Waals surface area (Å²) < 4.78 is 0. The summed E-state index contributed by atoms with van der Waals surface area (Å²) in [4.78, 5) is 35.7. The largest absolute Gasteiger partial charge is 0.325 e. The lowest BCUT2D eigenvalue weighted by Gasteiger charge is -2.12. The van der Waals surface area contributed by atoms with Gasteiger partial charge in [-0.2, -0.15) is 0 Å². The first kappa shape index (κ1) is 14.2. The van der Waals surface area contributed by atoms with Gasteiger partial charge in [-0.1, -0.05) is 37.6 Å². The predicted octanol–water partition coefficient (Wildman–Crippen LogP) is 1.76. The predicted molar refractivity (Wildman–Crippen MR) is 74.5 cm³/mol. The number of carbonyl (C=O) groups is 3. The van der Waals surface area contributed by atoms with E-state index in [9.17, 15) is 14.4 Å². The van der Waals surface area contributed by atoms with Gasteiger partial charge in [-0.25, -0.2) is 4.79 Å². The van der Waals surface area contributed by atoms with Crippen LogP contribution in [0.3, 0.4) is 0 Å². The van der Waals surface area contributed by atoms with E-state index >= 15 is 0 Å². The summed E-state index contributed by atoms with van der Waals surface area (Å²) in [5.41, 5.74) is 1.52. The van der Waals surface area contributed by atoms with Crippen LogP contribution in [-0.4, -0.2) is 35.7 Å². The number of carbonyl (C=O) groups excluding carboxylic acids is 3. The summed E-state index contributed by atoms with van der Waals surface area (Å²) in [7, 11) is 0. The molecule has 0 radical (unpaired) electrons. The Morgan fingerprint density at radius 3 is 2.55 bits per heavy atom. The standard InChI is InChI=1S/C15H18N2O3/c1-2-3-8-17-14(19)13(16-15(17)20)9-11-4-6-12(10-18)7-5-11/h4-7,10,13H,2-3,8-9H2,1H3,(H,16,20). The molecule has 1 N–H and O–H groups in total. The molecule has 1 saturated heterocycles. The van der Waals surface area contributed by atoms with E-state index in [-0.39, 0.29) is 11.9 Å². The molecule has 0 bridgehead atoms. The monoisotopic (exact) mass is 274 g/mol. The van der Waals surface area contributed by atoms with Crippen LogP contribution < -0.4 is 5.32 Å². The van der Waals surface area contributed by atoms with Gasteiger partial charge >= 0.3 is 6.03 Å². The van der Waals surface area contributed by atoms with Crippen LogP contribution in [0, 0.1) is 0 Å². The Bertz CT molecular complexity index is 510. The Morgan fingerprint density at radius 1 is 1.25 bits per heavy atom. The van der Waals surface area contributed by atoms with Crippen LogP contribution >= 0.6 is 0 Å². The van der Waals surface area contributed by atoms with Crippen molar-refractivity contribution >= 4 is 18.2 Å². The molecular weight excluding hydrogens is 256 g/mol. The van der Waals surface area contributed by atoms with Gasteiger partial charge in [-0.3, -0.25) is 14.5 Å². The normalized spacial score (nSPS) is 18.2. The minimum absolute atomic E-state index is 0.164. The summed E-state index contributed by atoms with van der Waals surface area (Å²) in [6, 6.07) is 6.21. The average molecular weight is 274 g/mol. The lowest BCUT2D eigenvalue weighted by molar-refractivity contribution is -0.127. The fraction of sp³-hybridized carbons (Fsp3) is 0.400. The Balaban J connectivity index is 2.01. The van der Waals surface area contributed by atoms with E-state index in [0.29, 0.717) is 18.5 Å². The highest BCUT2D eigenvalue weighted by Gasteiger charge is 2.37.